The smallest absolute Gasteiger partial charge is 0.256 e. The van der Waals surface area contributed by atoms with E-state index in [-0.39, 0.29) is 11.9 Å². The molecule has 104 valence electrons. The van der Waals surface area contributed by atoms with Crippen LogP contribution in [0.5, 0.6) is 0 Å². The number of amides is 1. The van der Waals surface area contributed by atoms with E-state index in [0.717, 1.165) is 5.56 Å². The van der Waals surface area contributed by atoms with E-state index in [4.69, 9.17) is 15.2 Å². The van der Waals surface area contributed by atoms with E-state index in [0.29, 0.717) is 26.3 Å². The summed E-state index contributed by atoms with van der Waals surface area (Å²) >= 11 is 0. The lowest BCUT2D eigenvalue weighted by Crippen LogP contribution is -2.53. The van der Waals surface area contributed by atoms with E-state index in [2.05, 4.69) is 0 Å². The SMILES string of the molecule is COC(C(=O)N1CCOCC1CN)c1ccccc1. The largest absolute Gasteiger partial charge is 0.377 e. The minimum atomic E-state index is -0.576. The van der Waals surface area contributed by atoms with Gasteiger partial charge in [-0.15, -0.1) is 0 Å². The van der Waals surface area contributed by atoms with Gasteiger partial charge in [0.15, 0.2) is 6.10 Å². The molecule has 2 N–H and O–H groups in total. The van der Waals surface area contributed by atoms with Crippen molar-refractivity contribution in [3.05, 3.63) is 35.9 Å². The second kappa shape index (κ2) is 6.65. The monoisotopic (exact) mass is 264 g/mol. The molecular formula is C14H20N2O3. The number of benzene rings is 1. The molecule has 1 aliphatic heterocycles. The first-order valence-corrected chi connectivity index (χ1v) is 6.44. The number of methoxy groups -OCH3 is 1. The highest BCUT2D eigenvalue weighted by molar-refractivity contribution is 5.82. The first kappa shape index (κ1) is 14.0. The molecular weight excluding hydrogens is 244 g/mol. The zero-order valence-electron chi connectivity index (χ0n) is 11.1. The van der Waals surface area contributed by atoms with Crippen LogP contribution >= 0.6 is 0 Å². The minimum Gasteiger partial charge on any atom is -0.377 e. The third-order valence-corrected chi connectivity index (χ3v) is 3.35. The average Bonchev–Trinajstić information content (AvgIpc) is 2.49. The maximum Gasteiger partial charge on any atom is 0.256 e. The number of rotatable bonds is 4. The summed E-state index contributed by atoms with van der Waals surface area (Å²) in [5.41, 5.74) is 6.56. The van der Waals surface area contributed by atoms with Crippen LogP contribution in [0.1, 0.15) is 11.7 Å². The Labute approximate surface area is 113 Å². The molecule has 5 heteroatoms. The van der Waals surface area contributed by atoms with Gasteiger partial charge in [0.25, 0.3) is 5.91 Å². The van der Waals surface area contributed by atoms with Crippen LogP contribution in [0.4, 0.5) is 0 Å². The van der Waals surface area contributed by atoms with Crippen LogP contribution < -0.4 is 5.73 Å². The van der Waals surface area contributed by atoms with Crippen molar-refractivity contribution in [2.75, 3.05) is 33.4 Å². The Morgan fingerprint density at radius 3 is 2.89 bits per heavy atom. The summed E-state index contributed by atoms with van der Waals surface area (Å²) in [5, 5.41) is 0. The number of carbonyl (C=O) groups excluding carboxylic acids is 1. The zero-order chi connectivity index (χ0) is 13.7. The van der Waals surface area contributed by atoms with Gasteiger partial charge < -0.3 is 20.1 Å². The summed E-state index contributed by atoms with van der Waals surface area (Å²) in [6, 6.07) is 9.43. The van der Waals surface area contributed by atoms with Crippen LogP contribution in [0.3, 0.4) is 0 Å². The normalized spacial score (nSPS) is 21.2. The molecule has 5 nitrogen and oxygen atoms in total. The molecule has 0 radical (unpaired) electrons. The van der Waals surface area contributed by atoms with Gasteiger partial charge in [-0.3, -0.25) is 4.79 Å². The number of hydrogen-bond donors (Lipinski definition) is 1. The molecule has 2 rings (SSSR count). The molecule has 1 heterocycles. The zero-order valence-corrected chi connectivity index (χ0v) is 11.1. The molecule has 1 fully saturated rings. The van der Waals surface area contributed by atoms with Crippen molar-refractivity contribution in [1.29, 1.82) is 0 Å². The number of nitrogens with two attached hydrogens (primary N) is 1. The van der Waals surface area contributed by atoms with Gasteiger partial charge in [-0.05, 0) is 5.56 Å². The van der Waals surface area contributed by atoms with Crippen molar-refractivity contribution >= 4 is 5.91 Å². The Morgan fingerprint density at radius 1 is 1.53 bits per heavy atom. The van der Waals surface area contributed by atoms with Crippen LogP contribution in [0.2, 0.25) is 0 Å². The first-order valence-electron chi connectivity index (χ1n) is 6.44. The minimum absolute atomic E-state index is 0.0487. The second-order valence-corrected chi connectivity index (χ2v) is 4.52. The Bertz CT molecular complexity index is 410. The average molecular weight is 264 g/mol. The van der Waals surface area contributed by atoms with Gasteiger partial charge in [0, 0.05) is 20.2 Å². The Balaban J connectivity index is 2.16. The van der Waals surface area contributed by atoms with E-state index in [1.807, 2.05) is 30.3 Å². The summed E-state index contributed by atoms with van der Waals surface area (Å²) in [7, 11) is 1.55. The highest BCUT2D eigenvalue weighted by Crippen LogP contribution is 2.21. The predicted molar refractivity (Wildman–Crippen MR) is 71.6 cm³/mol. The van der Waals surface area contributed by atoms with Gasteiger partial charge in [-0.2, -0.15) is 0 Å². The molecule has 1 aliphatic rings. The van der Waals surface area contributed by atoms with Crippen LogP contribution in [-0.2, 0) is 14.3 Å². The van der Waals surface area contributed by atoms with Crippen molar-refractivity contribution in [2.45, 2.75) is 12.1 Å². The Morgan fingerprint density at radius 2 is 2.26 bits per heavy atom. The second-order valence-electron chi connectivity index (χ2n) is 4.52. The summed E-state index contributed by atoms with van der Waals surface area (Å²) in [6.45, 7) is 2.01. The summed E-state index contributed by atoms with van der Waals surface area (Å²) in [4.78, 5) is 14.4. The van der Waals surface area contributed by atoms with E-state index in [9.17, 15) is 4.79 Å². The molecule has 19 heavy (non-hydrogen) atoms. The molecule has 2 atom stereocenters. The van der Waals surface area contributed by atoms with Crippen molar-refractivity contribution in [3.8, 4) is 0 Å². The number of hydrogen-bond acceptors (Lipinski definition) is 4. The molecule has 1 aromatic rings. The number of ether oxygens (including phenoxy) is 2. The maximum absolute atomic E-state index is 12.6. The van der Waals surface area contributed by atoms with E-state index in [1.54, 1.807) is 12.0 Å². The van der Waals surface area contributed by atoms with Crippen molar-refractivity contribution in [3.63, 3.8) is 0 Å². The van der Waals surface area contributed by atoms with Crippen LogP contribution in [-0.4, -0.2) is 50.3 Å². The van der Waals surface area contributed by atoms with E-state index >= 15 is 0 Å². The summed E-state index contributed by atoms with van der Waals surface area (Å²) < 4.78 is 10.7. The van der Waals surface area contributed by atoms with E-state index < -0.39 is 6.10 Å². The van der Waals surface area contributed by atoms with Gasteiger partial charge in [-0.1, -0.05) is 30.3 Å². The Kier molecular flexibility index (Phi) is 4.90. The van der Waals surface area contributed by atoms with Gasteiger partial charge in [-0.25, -0.2) is 0 Å². The fourth-order valence-corrected chi connectivity index (χ4v) is 2.30. The molecule has 1 amide bonds. The highest BCUT2D eigenvalue weighted by atomic mass is 16.5. The van der Waals surface area contributed by atoms with Crippen molar-refractivity contribution in [1.82, 2.24) is 4.90 Å². The third kappa shape index (κ3) is 3.12. The van der Waals surface area contributed by atoms with Gasteiger partial charge in [0.05, 0.1) is 19.3 Å². The lowest BCUT2D eigenvalue weighted by atomic mass is 10.1. The number of morpholine rings is 1. The van der Waals surface area contributed by atoms with Gasteiger partial charge >= 0.3 is 0 Å². The topological polar surface area (TPSA) is 64.8 Å². The van der Waals surface area contributed by atoms with E-state index in [1.165, 1.54) is 0 Å². The van der Waals surface area contributed by atoms with Crippen LogP contribution in [0.15, 0.2) is 30.3 Å². The third-order valence-electron chi connectivity index (χ3n) is 3.35. The summed E-state index contributed by atoms with van der Waals surface area (Å²) in [5.74, 6) is -0.0487. The molecule has 0 saturated carbocycles. The Hall–Kier alpha value is -1.43. The molecule has 0 aromatic heterocycles. The summed E-state index contributed by atoms with van der Waals surface area (Å²) in [6.07, 6.45) is -0.576. The van der Waals surface area contributed by atoms with Crippen LogP contribution in [0.25, 0.3) is 0 Å². The maximum atomic E-state index is 12.6. The molecule has 0 spiro atoms. The molecule has 1 aromatic carbocycles. The van der Waals surface area contributed by atoms with Gasteiger partial charge in [0.2, 0.25) is 0 Å². The lowest BCUT2D eigenvalue weighted by Gasteiger charge is -2.36. The molecule has 0 bridgehead atoms. The predicted octanol–water partition coefficient (Wildman–Crippen LogP) is 0.560. The standard InChI is InChI=1S/C14H20N2O3/c1-18-13(11-5-3-2-4-6-11)14(17)16-7-8-19-10-12(16)9-15/h2-6,12-13H,7-10,15H2,1H3. The van der Waals surface area contributed by atoms with Gasteiger partial charge in [0.1, 0.15) is 0 Å². The quantitative estimate of drug-likeness (QED) is 0.863. The fourth-order valence-electron chi connectivity index (χ4n) is 2.30. The molecule has 0 aliphatic carbocycles. The van der Waals surface area contributed by atoms with Crippen molar-refractivity contribution < 1.29 is 14.3 Å². The fraction of sp³-hybridized carbons (Fsp3) is 0.500. The highest BCUT2D eigenvalue weighted by Gasteiger charge is 2.32. The number of nitrogens with zero attached hydrogens (tertiary/aromatic N) is 1. The lowest BCUT2D eigenvalue weighted by molar-refractivity contribution is -0.150. The van der Waals surface area contributed by atoms with Crippen LogP contribution in [0, 0.1) is 0 Å². The number of carbonyl (C=O) groups is 1. The van der Waals surface area contributed by atoms with Crippen molar-refractivity contribution in [2.24, 2.45) is 5.73 Å². The first-order chi connectivity index (χ1) is 9.27. The molecule has 2 unspecified atom stereocenters. The molecule has 1 saturated heterocycles.